The van der Waals surface area contributed by atoms with Gasteiger partial charge in [0.05, 0.1) is 36.1 Å². The molecule has 3 unspecified atom stereocenters. The Labute approximate surface area is 195 Å². The van der Waals surface area contributed by atoms with Crippen LogP contribution in [0.1, 0.15) is 50.5 Å². The molecule has 1 aromatic rings. The number of carbonyl (C=O) groups excluding carboxylic acids is 1. The maximum Gasteiger partial charge on any atom is 0.417 e. The van der Waals surface area contributed by atoms with Crippen LogP contribution in [0.3, 0.4) is 0 Å². The van der Waals surface area contributed by atoms with E-state index < -0.39 is 47.9 Å². The number of ether oxygens (including phenoxy) is 2. The van der Waals surface area contributed by atoms with E-state index in [4.69, 9.17) is 14.7 Å². The van der Waals surface area contributed by atoms with Crippen molar-refractivity contribution in [3.63, 3.8) is 0 Å². The lowest BCUT2D eigenvalue weighted by atomic mass is 9.70. The molecule has 0 bridgehead atoms. The first-order valence-electron chi connectivity index (χ1n) is 11.6. The zero-order valence-electron chi connectivity index (χ0n) is 18.6. The van der Waals surface area contributed by atoms with Crippen molar-refractivity contribution in [3.8, 4) is 6.07 Å². The molecule has 2 heterocycles. The largest absolute Gasteiger partial charge is 0.417 e. The molecule has 0 aromatic heterocycles. The van der Waals surface area contributed by atoms with Gasteiger partial charge >= 0.3 is 12.2 Å². The first kappa shape index (κ1) is 24.7. The second-order valence-electron chi connectivity index (χ2n) is 9.08. The number of nitriles is 1. The summed E-state index contributed by atoms with van der Waals surface area (Å²) in [6.45, 7) is 0.688. The van der Waals surface area contributed by atoms with E-state index in [9.17, 15) is 22.4 Å². The molecule has 0 spiro atoms. The molecule has 11 heteroatoms. The van der Waals surface area contributed by atoms with Gasteiger partial charge in [0, 0.05) is 12.3 Å². The van der Waals surface area contributed by atoms with Gasteiger partial charge in [-0.25, -0.2) is 9.18 Å². The van der Waals surface area contributed by atoms with Gasteiger partial charge in [0.25, 0.3) is 0 Å². The molecular weight excluding hydrogens is 456 g/mol. The first-order chi connectivity index (χ1) is 16.2. The molecule has 3 fully saturated rings. The summed E-state index contributed by atoms with van der Waals surface area (Å²) >= 11 is 0. The maximum atomic E-state index is 14.1. The Morgan fingerprint density at radius 1 is 1.24 bits per heavy atom. The lowest BCUT2D eigenvalue weighted by Gasteiger charge is -2.52. The van der Waals surface area contributed by atoms with Gasteiger partial charge in [-0.1, -0.05) is 12.8 Å². The topological polar surface area (TPSA) is 95.4 Å². The predicted octanol–water partition coefficient (Wildman–Crippen LogP) is 4.19. The average molecular weight is 484 g/mol. The lowest BCUT2D eigenvalue weighted by molar-refractivity contribution is -0.358. The quantitative estimate of drug-likeness (QED) is 0.545. The minimum Gasteiger partial charge on any atom is -0.365 e. The van der Waals surface area contributed by atoms with Crippen molar-refractivity contribution in [1.82, 2.24) is 10.6 Å². The number of halogens is 4. The monoisotopic (exact) mass is 484 g/mol. The molecular formula is C23H28F4N4O3. The lowest BCUT2D eigenvalue weighted by Crippen LogP contribution is -2.65. The number of urea groups is 1. The Hall–Kier alpha value is -2.42. The van der Waals surface area contributed by atoms with E-state index in [-0.39, 0.29) is 24.3 Å². The van der Waals surface area contributed by atoms with E-state index in [1.807, 2.05) is 6.07 Å². The van der Waals surface area contributed by atoms with Crippen LogP contribution in [0.15, 0.2) is 18.2 Å². The van der Waals surface area contributed by atoms with Gasteiger partial charge in [-0.2, -0.15) is 18.4 Å². The molecule has 34 heavy (non-hydrogen) atoms. The Morgan fingerprint density at radius 3 is 2.65 bits per heavy atom. The molecule has 2 amide bonds. The normalized spacial score (nSPS) is 31.7. The van der Waals surface area contributed by atoms with E-state index in [1.54, 1.807) is 0 Å². The van der Waals surface area contributed by atoms with Crippen molar-refractivity contribution in [2.45, 2.75) is 75.1 Å². The standard InChI is InChI=1S/C23H28F4N4O3/c24-16-12-14(13-28)7-8-17(16)30-21(32)31-18-5-3-10-29-20(18)34-19-6-2-1-4-15(19)22(9-11-33-22)23(25,26)27/h7-8,12,15,18-20,29H,1-6,9-11H2,(H2,30,31,32)/t15?,18-,19?,20?,22+/m0/s1. The van der Waals surface area contributed by atoms with Crippen LogP contribution >= 0.6 is 0 Å². The minimum atomic E-state index is -4.47. The van der Waals surface area contributed by atoms with E-state index in [1.165, 1.54) is 12.1 Å². The summed E-state index contributed by atoms with van der Waals surface area (Å²) in [4.78, 5) is 12.5. The molecule has 2 saturated heterocycles. The van der Waals surface area contributed by atoms with Gasteiger partial charge in [-0.15, -0.1) is 0 Å². The minimum absolute atomic E-state index is 0.0701. The van der Waals surface area contributed by atoms with Crippen LogP contribution in [0, 0.1) is 23.1 Å². The number of piperidine rings is 1. The van der Waals surface area contributed by atoms with Gasteiger partial charge in [-0.3, -0.25) is 5.32 Å². The summed E-state index contributed by atoms with van der Waals surface area (Å²) in [5.41, 5.74) is -2.12. The van der Waals surface area contributed by atoms with Crippen LogP contribution in [0.4, 0.5) is 28.0 Å². The Balaban J connectivity index is 1.42. The highest BCUT2D eigenvalue weighted by Crippen LogP contribution is 2.52. The molecule has 0 radical (unpaired) electrons. The summed E-state index contributed by atoms with van der Waals surface area (Å²) in [7, 11) is 0. The fraction of sp³-hybridized carbons (Fsp3) is 0.652. The van der Waals surface area contributed by atoms with Crippen molar-refractivity contribution in [1.29, 1.82) is 5.26 Å². The summed E-state index contributed by atoms with van der Waals surface area (Å²) in [5, 5.41) is 17.2. The maximum absolute atomic E-state index is 14.1. The van der Waals surface area contributed by atoms with Gasteiger partial charge in [0.2, 0.25) is 0 Å². The second kappa shape index (κ2) is 10.1. The first-order valence-corrected chi connectivity index (χ1v) is 11.6. The Bertz CT molecular complexity index is 932. The number of anilines is 1. The van der Waals surface area contributed by atoms with Gasteiger partial charge in [0.1, 0.15) is 12.0 Å². The van der Waals surface area contributed by atoms with Crippen LogP contribution in [-0.4, -0.2) is 49.3 Å². The van der Waals surface area contributed by atoms with Crippen molar-refractivity contribution in [2.75, 3.05) is 18.5 Å². The van der Waals surface area contributed by atoms with Crippen molar-refractivity contribution in [2.24, 2.45) is 5.92 Å². The molecule has 1 saturated carbocycles. The molecule has 1 aliphatic carbocycles. The molecule has 2 aliphatic heterocycles. The van der Waals surface area contributed by atoms with Crippen molar-refractivity contribution in [3.05, 3.63) is 29.6 Å². The third kappa shape index (κ3) is 4.99. The number of benzene rings is 1. The zero-order chi connectivity index (χ0) is 24.3. The van der Waals surface area contributed by atoms with Gasteiger partial charge in [-0.05, 0) is 50.4 Å². The molecule has 5 atom stereocenters. The van der Waals surface area contributed by atoms with E-state index in [0.29, 0.717) is 32.2 Å². The number of nitrogens with one attached hydrogen (secondary N) is 3. The van der Waals surface area contributed by atoms with E-state index in [2.05, 4.69) is 16.0 Å². The number of hydrogen-bond acceptors (Lipinski definition) is 5. The molecule has 3 aliphatic rings. The van der Waals surface area contributed by atoms with Crippen LogP contribution < -0.4 is 16.0 Å². The smallest absolute Gasteiger partial charge is 0.365 e. The number of amides is 2. The van der Waals surface area contributed by atoms with Gasteiger partial charge in [0.15, 0.2) is 5.60 Å². The average Bonchev–Trinajstić information content (AvgIpc) is 2.76. The third-order valence-corrected chi connectivity index (χ3v) is 7.00. The van der Waals surface area contributed by atoms with Crippen LogP contribution in [0.2, 0.25) is 0 Å². The zero-order valence-corrected chi connectivity index (χ0v) is 18.6. The summed E-state index contributed by atoms with van der Waals surface area (Å²) in [6.07, 6.45) is -2.29. The van der Waals surface area contributed by atoms with E-state index >= 15 is 0 Å². The van der Waals surface area contributed by atoms with Gasteiger partial charge < -0.3 is 20.1 Å². The highest BCUT2D eigenvalue weighted by Gasteiger charge is 2.66. The van der Waals surface area contributed by atoms with E-state index in [0.717, 1.165) is 18.9 Å². The highest BCUT2D eigenvalue weighted by atomic mass is 19.4. The number of rotatable bonds is 5. The number of hydrogen-bond donors (Lipinski definition) is 3. The molecule has 7 nitrogen and oxygen atoms in total. The van der Waals surface area contributed by atoms with Crippen molar-refractivity contribution < 1.29 is 31.8 Å². The Kier molecular flexibility index (Phi) is 7.31. The molecule has 1 aromatic carbocycles. The van der Waals surface area contributed by atoms with Crippen LogP contribution in [0.5, 0.6) is 0 Å². The molecule has 3 N–H and O–H groups in total. The highest BCUT2D eigenvalue weighted by molar-refractivity contribution is 5.89. The Morgan fingerprint density at radius 2 is 2.00 bits per heavy atom. The van der Waals surface area contributed by atoms with Crippen molar-refractivity contribution >= 4 is 11.7 Å². The second-order valence-corrected chi connectivity index (χ2v) is 9.08. The van der Waals surface area contributed by atoms with Crippen LogP contribution in [-0.2, 0) is 9.47 Å². The number of nitrogens with zero attached hydrogens (tertiary/aromatic N) is 1. The fourth-order valence-corrected chi connectivity index (χ4v) is 5.19. The fourth-order valence-electron chi connectivity index (χ4n) is 5.19. The summed E-state index contributed by atoms with van der Waals surface area (Å²) < 4.78 is 67.2. The number of carbonyl (C=O) groups is 1. The molecule has 4 rings (SSSR count). The predicted molar refractivity (Wildman–Crippen MR) is 114 cm³/mol. The summed E-state index contributed by atoms with van der Waals surface area (Å²) in [6, 6.07) is 4.34. The third-order valence-electron chi connectivity index (χ3n) is 7.00. The van der Waals surface area contributed by atoms with Crippen LogP contribution in [0.25, 0.3) is 0 Å². The molecule has 186 valence electrons. The summed E-state index contributed by atoms with van der Waals surface area (Å²) in [5.74, 6) is -1.55. The number of alkyl halides is 3. The SMILES string of the molecule is N#Cc1ccc(NC(=O)N[C@H]2CCCNC2OC2CCCCC2[C@@]2(C(F)(F)F)CCO2)c(F)c1.